The second kappa shape index (κ2) is 9.51. The van der Waals surface area contributed by atoms with Gasteiger partial charge in [-0.25, -0.2) is 18.1 Å². The van der Waals surface area contributed by atoms with Crippen molar-refractivity contribution >= 4 is 11.6 Å². The van der Waals surface area contributed by atoms with Crippen LogP contribution in [-0.2, 0) is 13.5 Å². The standard InChI is InChI=1S/C23H21F2N5O3/c1-15-3-5-21(16(2)9-15)32-14-30-12-18(11-26-30)27-23(31)20-7-8-29(28-20)13-33-22-6-4-17(24)10-19(22)25/h3-12H,13-14H2,1-2H3,(H,27,31). The summed E-state index contributed by atoms with van der Waals surface area (Å²) in [5.74, 6) is -1.32. The van der Waals surface area contributed by atoms with Crippen LogP contribution in [0.2, 0.25) is 0 Å². The summed E-state index contributed by atoms with van der Waals surface area (Å²) in [6.07, 6.45) is 4.65. The number of nitrogens with zero attached hydrogens (tertiary/aromatic N) is 4. The molecule has 1 N–H and O–H groups in total. The number of nitrogens with one attached hydrogen (secondary N) is 1. The number of ether oxygens (including phenoxy) is 2. The third-order valence-corrected chi connectivity index (χ3v) is 4.69. The molecule has 0 radical (unpaired) electrons. The molecule has 10 heteroatoms. The number of rotatable bonds is 8. The summed E-state index contributed by atoms with van der Waals surface area (Å²) in [7, 11) is 0. The lowest BCUT2D eigenvalue weighted by molar-refractivity contribution is 0.102. The quantitative estimate of drug-likeness (QED) is 0.430. The summed E-state index contributed by atoms with van der Waals surface area (Å²) < 4.78 is 40.5. The Morgan fingerprint density at radius 2 is 1.76 bits per heavy atom. The number of aryl methyl sites for hydroxylation is 2. The van der Waals surface area contributed by atoms with Crippen molar-refractivity contribution in [2.75, 3.05) is 5.32 Å². The average molecular weight is 453 g/mol. The summed E-state index contributed by atoms with van der Waals surface area (Å²) in [4.78, 5) is 12.5. The fraction of sp³-hybridized carbons (Fsp3) is 0.174. The second-order valence-electron chi connectivity index (χ2n) is 7.35. The van der Waals surface area contributed by atoms with Gasteiger partial charge in [-0.2, -0.15) is 10.2 Å². The topological polar surface area (TPSA) is 83.2 Å². The molecular formula is C23H21F2N5O3. The molecule has 0 bridgehead atoms. The molecule has 2 heterocycles. The van der Waals surface area contributed by atoms with Crippen LogP contribution in [0.15, 0.2) is 61.1 Å². The molecule has 0 spiro atoms. The van der Waals surface area contributed by atoms with Gasteiger partial charge in [0.25, 0.3) is 5.91 Å². The highest BCUT2D eigenvalue weighted by molar-refractivity contribution is 6.02. The minimum atomic E-state index is -0.821. The van der Waals surface area contributed by atoms with Crippen LogP contribution in [0, 0.1) is 25.5 Å². The molecule has 2 aromatic heterocycles. The van der Waals surface area contributed by atoms with E-state index in [9.17, 15) is 13.6 Å². The number of carbonyl (C=O) groups excluding carboxylic acids is 1. The van der Waals surface area contributed by atoms with Crippen LogP contribution in [0.1, 0.15) is 21.6 Å². The number of halogens is 2. The number of benzene rings is 2. The molecule has 170 valence electrons. The van der Waals surface area contributed by atoms with Crippen molar-refractivity contribution in [2.45, 2.75) is 27.3 Å². The Kier molecular flexibility index (Phi) is 6.34. The minimum absolute atomic E-state index is 0.117. The van der Waals surface area contributed by atoms with Crippen molar-refractivity contribution in [3.05, 3.63) is 89.5 Å². The first-order valence-electron chi connectivity index (χ1n) is 10.0. The predicted molar refractivity (Wildman–Crippen MR) is 116 cm³/mol. The van der Waals surface area contributed by atoms with Crippen molar-refractivity contribution in [3.8, 4) is 11.5 Å². The molecule has 2 aromatic carbocycles. The lowest BCUT2D eigenvalue weighted by atomic mass is 10.1. The Morgan fingerprint density at radius 3 is 2.55 bits per heavy atom. The highest BCUT2D eigenvalue weighted by Gasteiger charge is 2.12. The van der Waals surface area contributed by atoms with E-state index in [1.54, 1.807) is 10.9 Å². The van der Waals surface area contributed by atoms with Crippen LogP contribution >= 0.6 is 0 Å². The molecule has 0 atom stereocenters. The van der Waals surface area contributed by atoms with Crippen LogP contribution < -0.4 is 14.8 Å². The summed E-state index contributed by atoms with van der Waals surface area (Å²) in [6.45, 7) is 4.02. The summed E-state index contributed by atoms with van der Waals surface area (Å²) in [5, 5.41) is 11.0. The smallest absolute Gasteiger partial charge is 0.276 e. The average Bonchev–Trinajstić information content (AvgIpc) is 3.42. The normalized spacial score (nSPS) is 10.8. The van der Waals surface area contributed by atoms with Gasteiger partial charge in [-0.15, -0.1) is 0 Å². The zero-order chi connectivity index (χ0) is 23.4. The highest BCUT2D eigenvalue weighted by atomic mass is 19.1. The second-order valence-corrected chi connectivity index (χ2v) is 7.35. The first-order chi connectivity index (χ1) is 15.9. The van der Waals surface area contributed by atoms with Crippen molar-refractivity contribution in [1.82, 2.24) is 19.6 Å². The zero-order valence-corrected chi connectivity index (χ0v) is 18.0. The summed E-state index contributed by atoms with van der Waals surface area (Å²) >= 11 is 0. The van der Waals surface area contributed by atoms with E-state index in [4.69, 9.17) is 9.47 Å². The van der Waals surface area contributed by atoms with Gasteiger partial charge in [0.05, 0.1) is 18.1 Å². The van der Waals surface area contributed by atoms with E-state index in [2.05, 4.69) is 15.5 Å². The van der Waals surface area contributed by atoms with Gasteiger partial charge in [0, 0.05) is 12.3 Å². The molecule has 1 amide bonds. The predicted octanol–water partition coefficient (Wildman–Crippen LogP) is 4.30. The van der Waals surface area contributed by atoms with E-state index in [0.717, 1.165) is 29.0 Å². The maximum atomic E-state index is 13.6. The van der Waals surface area contributed by atoms with Gasteiger partial charge < -0.3 is 14.8 Å². The Morgan fingerprint density at radius 1 is 1.00 bits per heavy atom. The van der Waals surface area contributed by atoms with E-state index in [0.29, 0.717) is 5.69 Å². The number of hydrogen-bond donors (Lipinski definition) is 1. The third-order valence-electron chi connectivity index (χ3n) is 4.69. The van der Waals surface area contributed by atoms with Crippen LogP contribution in [0.4, 0.5) is 14.5 Å². The largest absolute Gasteiger partial charge is 0.471 e. The van der Waals surface area contributed by atoms with Gasteiger partial charge in [-0.3, -0.25) is 4.79 Å². The maximum absolute atomic E-state index is 13.6. The van der Waals surface area contributed by atoms with Gasteiger partial charge in [0.2, 0.25) is 0 Å². The molecule has 33 heavy (non-hydrogen) atoms. The number of anilines is 1. The van der Waals surface area contributed by atoms with E-state index >= 15 is 0 Å². The Labute approximate surface area is 188 Å². The first kappa shape index (κ1) is 22.0. The molecule has 0 unspecified atom stereocenters. The molecule has 0 aliphatic rings. The van der Waals surface area contributed by atoms with Crippen LogP contribution in [0.25, 0.3) is 0 Å². The van der Waals surface area contributed by atoms with Gasteiger partial charge in [-0.05, 0) is 43.7 Å². The molecule has 0 saturated carbocycles. The minimum Gasteiger partial charge on any atom is -0.471 e. The first-order valence-corrected chi connectivity index (χ1v) is 10.0. The summed E-state index contributed by atoms with van der Waals surface area (Å²) in [5.41, 5.74) is 2.79. The fourth-order valence-electron chi connectivity index (χ4n) is 3.07. The van der Waals surface area contributed by atoms with E-state index in [-0.39, 0.29) is 24.9 Å². The molecule has 0 aliphatic heterocycles. The molecule has 0 saturated heterocycles. The highest BCUT2D eigenvalue weighted by Crippen LogP contribution is 2.20. The monoisotopic (exact) mass is 453 g/mol. The van der Waals surface area contributed by atoms with Gasteiger partial charge >= 0.3 is 0 Å². The van der Waals surface area contributed by atoms with Crippen molar-refractivity contribution < 1.29 is 23.0 Å². The van der Waals surface area contributed by atoms with Gasteiger partial charge in [-0.1, -0.05) is 17.7 Å². The summed E-state index contributed by atoms with van der Waals surface area (Å²) in [6, 6.07) is 10.4. The number of carbonyl (C=O) groups is 1. The molecule has 4 aromatic rings. The van der Waals surface area contributed by atoms with E-state index in [1.165, 1.54) is 29.2 Å². The lowest BCUT2D eigenvalue weighted by Crippen LogP contribution is -2.14. The molecular weight excluding hydrogens is 432 g/mol. The number of hydrogen-bond acceptors (Lipinski definition) is 5. The zero-order valence-electron chi connectivity index (χ0n) is 18.0. The fourth-order valence-corrected chi connectivity index (χ4v) is 3.07. The Bertz CT molecular complexity index is 1280. The van der Waals surface area contributed by atoms with Gasteiger partial charge in [0.1, 0.15) is 11.6 Å². The van der Waals surface area contributed by atoms with Crippen LogP contribution in [0.3, 0.4) is 0 Å². The Balaban J connectivity index is 1.30. The lowest BCUT2D eigenvalue weighted by Gasteiger charge is -2.09. The van der Waals surface area contributed by atoms with Crippen molar-refractivity contribution in [2.24, 2.45) is 0 Å². The van der Waals surface area contributed by atoms with E-state index in [1.807, 2.05) is 32.0 Å². The number of amides is 1. The molecule has 4 rings (SSSR count). The van der Waals surface area contributed by atoms with Crippen LogP contribution in [0.5, 0.6) is 11.5 Å². The Hall–Kier alpha value is -4.21. The van der Waals surface area contributed by atoms with E-state index < -0.39 is 17.5 Å². The number of aromatic nitrogens is 4. The van der Waals surface area contributed by atoms with Crippen molar-refractivity contribution in [1.29, 1.82) is 0 Å². The molecule has 0 fully saturated rings. The third kappa shape index (κ3) is 5.53. The van der Waals surface area contributed by atoms with Gasteiger partial charge in [0.15, 0.2) is 30.7 Å². The SMILES string of the molecule is Cc1ccc(OCn2cc(NC(=O)c3ccn(COc4ccc(F)cc4F)n3)cn2)c(C)c1. The maximum Gasteiger partial charge on any atom is 0.276 e. The van der Waals surface area contributed by atoms with Crippen molar-refractivity contribution in [3.63, 3.8) is 0 Å². The molecule has 8 nitrogen and oxygen atoms in total. The molecule has 0 aliphatic carbocycles. The van der Waals surface area contributed by atoms with Crippen LogP contribution in [-0.4, -0.2) is 25.5 Å².